The van der Waals surface area contributed by atoms with Crippen molar-refractivity contribution in [3.63, 3.8) is 0 Å². The van der Waals surface area contributed by atoms with E-state index in [2.05, 4.69) is 21.3 Å². The number of hydrogen-bond donors (Lipinski definition) is 1. The first-order chi connectivity index (χ1) is 14.7. The average molecular weight is 544 g/mol. The van der Waals surface area contributed by atoms with Crippen molar-refractivity contribution in [3.8, 4) is 0 Å². The van der Waals surface area contributed by atoms with Crippen LogP contribution in [0.25, 0.3) is 0 Å². The molecule has 8 heteroatoms. The molecule has 1 N–H and O–H groups in total. The van der Waals surface area contributed by atoms with E-state index in [1.54, 1.807) is 7.11 Å². The van der Waals surface area contributed by atoms with Crippen LogP contribution in [0.1, 0.15) is 37.7 Å². The first kappa shape index (κ1) is 25.9. The zero-order valence-electron chi connectivity index (χ0n) is 18.8. The lowest BCUT2D eigenvalue weighted by atomic mass is 10.1. The van der Waals surface area contributed by atoms with Gasteiger partial charge in [-0.15, -0.1) is 24.0 Å². The molecule has 2 aliphatic heterocycles. The Morgan fingerprint density at radius 3 is 2.68 bits per heavy atom. The largest absolute Gasteiger partial charge is 0.385 e. The van der Waals surface area contributed by atoms with Crippen LogP contribution in [0.2, 0.25) is 0 Å². The number of guanidine groups is 1. The van der Waals surface area contributed by atoms with E-state index in [0.29, 0.717) is 12.5 Å². The van der Waals surface area contributed by atoms with Gasteiger partial charge >= 0.3 is 0 Å². The van der Waals surface area contributed by atoms with E-state index in [1.165, 1.54) is 5.56 Å². The molecule has 1 saturated heterocycles. The van der Waals surface area contributed by atoms with Crippen LogP contribution in [0.15, 0.2) is 29.3 Å². The number of benzene rings is 1. The number of para-hydroxylation sites is 1. The molecule has 0 aliphatic carbocycles. The van der Waals surface area contributed by atoms with Gasteiger partial charge in [-0.1, -0.05) is 18.2 Å². The van der Waals surface area contributed by atoms with Gasteiger partial charge in [0.25, 0.3) is 0 Å². The van der Waals surface area contributed by atoms with Crippen LogP contribution in [0, 0.1) is 0 Å². The van der Waals surface area contributed by atoms with Crippen LogP contribution >= 0.6 is 24.0 Å². The van der Waals surface area contributed by atoms with Crippen LogP contribution in [-0.2, 0) is 20.7 Å². The number of nitrogens with zero attached hydrogens (tertiary/aromatic N) is 3. The molecule has 0 spiro atoms. The highest BCUT2D eigenvalue weighted by molar-refractivity contribution is 14.0. The Bertz CT molecular complexity index is 708. The minimum absolute atomic E-state index is 0. The van der Waals surface area contributed by atoms with E-state index in [4.69, 9.17) is 9.47 Å². The van der Waals surface area contributed by atoms with Gasteiger partial charge in [0.2, 0.25) is 5.91 Å². The highest BCUT2D eigenvalue weighted by atomic mass is 127. The molecule has 0 radical (unpaired) electrons. The first-order valence-corrected chi connectivity index (χ1v) is 11.2. The summed E-state index contributed by atoms with van der Waals surface area (Å²) < 4.78 is 11.0. The molecule has 0 unspecified atom stereocenters. The number of carbonyl (C=O) groups is 1. The summed E-state index contributed by atoms with van der Waals surface area (Å²) in [6.07, 6.45) is 5.62. The normalized spacial score (nSPS) is 16.8. The highest BCUT2D eigenvalue weighted by Crippen LogP contribution is 2.28. The standard InChI is InChI=1S/C23H36N4O3.HI/c1-24-23(26-14-11-20(12-15-26)30-18-6-17-29-2)25-13-5-9-22(28)27-16-10-19-7-3-4-8-21(19)27;/h3-4,7-8,20H,5-6,9-18H2,1-2H3,(H,24,25);1H. The third-order valence-electron chi connectivity index (χ3n) is 5.84. The van der Waals surface area contributed by atoms with Gasteiger partial charge in [-0.05, 0) is 43.7 Å². The van der Waals surface area contributed by atoms with Crippen molar-refractivity contribution >= 4 is 41.5 Å². The fourth-order valence-corrected chi connectivity index (χ4v) is 4.19. The number of carbonyl (C=O) groups excluding carboxylic acids is 1. The second-order valence-corrected chi connectivity index (χ2v) is 7.91. The number of aliphatic imine (C=N–C) groups is 1. The number of likely N-dealkylation sites (tertiary alicyclic amines) is 1. The Kier molecular flexibility index (Phi) is 11.6. The Morgan fingerprint density at radius 1 is 1.16 bits per heavy atom. The zero-order valence-corrected chi connectivity index (χ0v) is 21.2. The molecular weight excluding hydrogens is 507 g/mol. The van der Waals surface area contributed by atoms with Crippen LogP contribution in [0.3, 0.4) is 0 Å². The Labute approximate surface area is 203 Å². The maximum Gasteiger partial charge on any atom is 0.227 e. The quantitative estimate of drug-likeness (QED) is 0.224. The fraction of sp³-hybridized carbons (Fsp3) is 0.652. The summed E-state index contributed by atoms with van der Waals surface area (Å²) in [4.78, 5) is 21.3. The summed E-state index contributed by atoms with van der Waals surface area (Å²) in [5, 5.41) is 3.43. The first-order valence-electron chi connectivity index (χ1n) is 11.2. The maximum absolute atomic E-state index is 12.6. The van der Waals surface area contributed by atoms with Gasteiger partial charge in [-0.3, -0.25) is 9.79 Å². The molecule has 174 valence electrons. The minimum Gasteiger partial charge on any atom is -0.385 e. The topological polar surface area (TPSA) is 66.4 Å². The van der Waals surface area contributed by atoms with Crippen molar-refractivity contribution < 1.29 is 14.3 Å². The molecule has 1 amide bonds. The number of nitrogens with one attached hydrogen (secondary N) is 1. The Morgan fingerprint density at radius 2 is 1.94 bits per heavy atom. The molecule has 3 rings (SSSR count). The van der Waals surface area contributed by atoms with E-state index in [9.17, 15) is 4.79 Å². The number of hydrogen-bond acceptors (Lipinski definition) is 4. The van der Waals surface area contributed by atoms with E-state index >= 15 is 0 Å². The van der Waals surface area contributed by atoms with Gasteiger partial charge in [-0.2, -0.15) is 0 Å². The molecule has 0 bridgehead atoms. The lowest BCUT2D eigenvalue weighted by Crippen LogP contribution is -2.47. The predicted octanol–water partition coefficient (Wildman–Crippen LogP) is 3.07. The molecule has 0 atom stereocenters. The number of amides is 1. The van der Waals surface area contributed by atoms with Gasteiger partial charge in [0.05, 0.1) is 6.10 Å². The molecule has 31 heavy (non-hydrogen) atoms. The van der Waals surface area contributed by atoms with E-state index < -0.39 is 0 Å². The van der Waals surface area contributed by atoms with Crippen molar-refractivity contribution in [2.45, 2.75) is 44.6 Å². The molecule has 2 heterocycles. The summed E-state index contributed by atoms with van der Waals surface area (Å²) in [6, 6.07) is 8.20. The lowest BCUT2D eigenvalue weighted by molar-refractivity contribution is -0.118. The molecular formula is C23H37IN4O3. The summed E-state index contributed by atoms with van der Waals surface area (Å²) in [5.41, 5.74) is 2.36. The van der Waals surface area contributed by atoms with Gasteiger partial charge < -0.3 is 24.6 Å². The number of halogens is 1. The van der Waals surface area contributed by atoms with E-state index in [0.717, 1.165) is 83.1 Å². The van der Waals surface area contributed by atoms with Crippen LogP contribution < -0.4 is 10.2 Å². The highest BCUT2D eigenvalue weighted by Gasteiger charge is 2.24. The van der Waals surface area contributed by atoms with Gasteiger partial charge in [0.1, 0.15) is 0 Å². The second-order valence-electron chi connectivity index (χ2n) is 7.91. The third kappa shape index (κ3) is 7.61. The van der Waals surface area contributed by atoms with Crippen LogP contribution in [-0.4, -0.2) is 76.4 Å². The van der Waals surface area contributed by atoms with Crippen molar-refractivity contribution in [1.29, 1.82) is 0 Å². The third-order valence-corrected chi connectivity index (χ3v) is 5.84. The average Bonchev–Trinajstić information content (AvgIpc) is 3.22. The van der Waals surface area contributed by atoms with E-state index in [-0.39, 0.29) is 29.9 Å². The van der Waals surface area contributed by atoms with Crippen molar-refractivity contribution in [1.82, 2.24) is 10.2 Å². The number of ether oxygens (including phenoxy) is 2. The van der Waals surface area contributed by atoms with Crippen LogP contribution in [0.4, 0.5) is 5.69 Å². The van der Waals surface area contributed by atoms with E-state index in [1.807, 2.05) is 30.1 Å². The summed E-state index contributed by atoms with van der Waals surface area (Å²) in [7, 11) is 3.54. The molecule has 1 aromatic rings. The molecule has 7 nitrogen and oxygen atoms in total. The fourth-order valence-electron chi connectivity index (χ4n) is 4.19. The molecule has 0 aromatic heterocycles. The molecule has 2 aliphatic rings. The minimum atomic E-state index is 0. The SMILES string of the molecule is CN=C(NCCCC(=O)N1CCc2ccccc21)N1CCC(OCCCOC)CC1.I. The van der Waals surface area contributed by atoms with Crippen molar-refractivity contribution in [3.05, 3.63) is 29.8 Å². The van der Waals surface area contributed by atoms with Gasteiger partial charge in [0.15, 0.2) is 5.96 Å². The van der Waals surface area contributed by atoms with Gasteiger partial charge in [0, 0.05) is 65.7 Å². The summed E-state index contributed by atoms with van der Waals surface area (Å²) >= 11 is 0. The monoisotopic (exact) mass is 544 g/mol. The number of rotatable bonds is 9. The smallest absolute Gasteiger partial charge is 0.227 e. The van der Waals surface area contributed by atoms with Crippen molar-refractivity contribution in [2.75, 3.05) is 58.5 Å². The second kappa shape index (κ2) is 13.9. The molecule has 1 aromatic carbocycles. The Balaban J connectivity index is 0.00000341. The Hall–Kier alpha value is -1.39. The predicted molar refractivity (Wildman–Crippen MR) is 136 cm³/mol. The number of piperidine rings is 1. The molecule has 1 fully saturated rings. The summed E-state index contributed by atoms with van der Waals surface area (Å²) in [6.45, 7) is 4.95. The van der Waals surface area contributed by atoms with Crippen LogP contribution in [0.5, 0.6) is 0 Å². The maximum atomic E-state index is 12.6. The van der Waals surface area contributed by atoms with Gasteiger partial charge in [-0.25, -0.2) is 0 Å². The number of anilines is 1. The lowest BCUT2D eigenvalue weighted by Gasteiger charge is -2.34. The summed E-state index contributed by atoms with van der Waals surface area (Å²) in [5.74, 6) is 1.13. The number of fused-ring (bicyclic) bond motifs is 1. The number of methoxy groups -OCH3 is 1. The van der Waals surface area contributed by atoms with Crippen molar-refractivity contribution in [2.24, 2.45) is 4.99 Å². The molecule has 0 saturated carbocycles. The zero-order chi connectivity index (χ0) is 21.2.